The van der Waals surface area contributed by atoms with Crippen LogP contribution in [0.1, 0.15) is 18.5 Å². The summed E-state index contributed by atoms with van der Waals surface area (Å²) < 4.78 is 0. The van der Waals surface area contributed by atoms with Crippen LogP contribution in [0.2, 0.25) is 0 Å². The van der Waals surface area contributed by atoms with Gasteiger partial charge in [-0.1, -0.05) is 30.0 Å². The van der Waals surface area contributed by atoms with E-state index >= 15 is 0 Å². The molecule has 0 saturated heterocycles. The first kappa shape index (κ1) is 16.9. The van der Waals surface area contributed by atoms with Crippen LogP contribution in [0.4, 0.5) is 5.69 Å². The molecule has 2 unspecified atom stereocenters. The van der Waals surface area contributed by atoms with Crippen molar-refractivity contribution in [2.75, 3.05) is 5.75 Å². The Balaban J connectivity index is 2.45. The van der Waals surface area contributed by atoms with Crippen LogP contribution in [0.3, 0.4) is 0 Å². The molecule has 0 aromatic heterocycles. The number of thioether (sulfide) groups is 1. The summed E-state index contributed by atoms with van der Waals surface area (Å²) in [6.45, 7) is 5.25. The van der Waals surface area contributed by atoms with Crippen LogP contribution in [0.5, 0.6) is 0 Å². The summed E-state index contributed by atoms with van der Waals surface area (Å²) in [6.07, 6.45) is 1.70. The maximum absolute atomic E-state index is 11.6. The third-order valence-corrected chi connectivity index (χ3v) is 4.16. The minimum absolute atomic E-state index is 0.0951. The average molecular weight is 333 g/mol. The molecule has 120 valence electrons. The molecule has 2 rings (SSSR count). The third kappa shape index (κ3) is 3.84. The fourth-order valence-electron chi connectivity index (χ4n) is 2.28. The Morgan fingerprint density at radius 1 is 1.57 bits per heavy atom. The molecule has 23 heavy (non-hydrogen) atoms. The number of hydrogen-bond acceptors (Lipinski definition) is 6. The zero-order chi connectivity index (χ0) is 17.0. The van der Waals surface area contributed by atoms with Crippen LogP contribution in [0, 0.1) is 16.0 Å². The maximum atomic E-state index is 11.6. The summed E-state index contributed by atoms with van der Waals surface area (Å²) >= 11 is 1.34. The van der Waals surface area contributed by atoms with Crippen molar-refractivity contribution in [1.82, 2.24) is 0 Å². The quantitative estimate of drug-likeness (QED) is 0.506. The van der Waals surface area contributed by atoms with E-state index in [1.807, 2.05) is 0 Å². The molecule has 0 aliphatic carbocycles. The summed E-state index contributed by atoms with van der Waals surface area (Å²) in [6, 6.07) is 5.15. The molecule has 0 saturated carbocycles. The van der Waals surface area contributed by atoms with Crippen molar-refractivity contribution in [3.63, 3.8) is 0 Å². The molecule has 1 N–H and O–H groups in total. The molecule has 1 heterocycles. The van der Waals surface area contributed by atoms with Gasteiger partial charge in [0.1, 0.15) is 5.92 Å². The Hall–Kier alpha value is -2.48. The number of aliphatic carboxylic acids is 1. The molecule has 8 heteroatoms. The lowest BCUT2D eigenvalue weighted by Crippen LogP contribution is -2.31. The van der Waals surface area contributed by atoms with Gasteiger partial charge in [0.25, 0.3) is 5.69 Å². The molecule has 2 atom stereocenters. The van der Waals surface area contributed by atoms with Crippen molar-refractivity contribution < 1.29 is 14.8 Å². The molecule has 1 aromatic rings. The van der Waals surface area contributed by atoms with Gasteiger partial charge in [-0.25, -0.2) is 4.99 Å². The molecule has 1 aliphatic heterocycles. The van der Waals surface area contributed by atoms with Gasteiger partial charge >= 0.3 is 5.97 Å². The van der Waals surface area contributed by atoms with Gasteiger partial charge in [-0.3, -0.25) is 19.9 Å². The third-order valence-electron chi connectivity index (χ3n) is 3.31. The molecule has 0 radical (unpaired) electrons. The zero-order valence-corrected chi connectivity index (χ0v) is 13.2. The number of nitrogens with zero attached hydrogens (tertiary/aromatic N) is 3. The lowest BCUT2D eigenvalue weighted by molar-refractivity contribution is -0.384. The monoisotopic (exact) mass is 333 g/mol. The van der Waals surface area contributed by atoms with Gasteiger partial charge in [-0.2, -0.15) is 0 Å². The zero-order valence-electron chi connectivity index (χ0n) is 12.4. The number of carboxylic acids is 1. The molecular formula is C15H15N3O4S. The largest absolute Gasteiger partial charge is 0.481 e. The predicted octanol–water partition coefficient (Wildman–Crippen LogP) is 3.09. The molecule has 7 nitrogen and oxygen atoms in total. The van der Waals surface area contributed by atoms with E-state index in [4.69, 9.17) is 0 Å². The van der Waals surface area contributed by atoms with E-state index in [2.05, 4.69) is 16.6 Å². The Morgan fingerprint density at radius 3 is 2.91 bits per heavy atom. The normalized spacial score (nSPS) is 20.4. The van der Waals surface area contributed by atoms with E-state index in [-0.39, 0.29) is 5.69 Å². The van der Waals surface area contributed by atoms with Crippen molar-refractivity contribution in [1.29, 1.82) is 0 Å². The van der Waals surface area contributed by atoms with E-state index in [1.54, 1.807) is 19.1 Å². The first-order valence-electron chi connectivity index (χ1n) is 6.78. The number of nitro benzene ring substituents is 1. The van der Waals surface area contributed by atoms with Gasteiger partial charge in [-0.05, 0) is 12.5 Å². The standard InChI is InChI=1S/C15H15N3O4S/c1-3-7-23-15-16-9(2)12(14(19)20)13(17-15)10-5-4-6-11(8-10)18(21)22/h3-6,8,12-13H,1,7H2,2H3,(H,19,20). The second-order valence-electron chi connectivity index (χ2n) is 4.88. The number of non-ortho nitro benzene ring substituents is 1. The average Bonchev–Trinajstić information content (AvgIpc) is 2.52. The maximum Gasteiger partial charge on any atom is 0.314 e. The highest BCUT2D eigenvalue weighted by atomic mass is 32.2. The molecule has 1 aliphatic rings. The molecule has 1 aromatic carbocycles. The Kier molecular flexibility index (Phi) is 5.28. The Morgan fingerprint density at radius 2 is 2.30 bits per heavy atom. The van der Waals surface area contributed by atoms with Crippen molar-refractivity contribution in [2.45, 2.75) is 13.0 Å². The number of benzene rings is 1. The highest BCUT2D eigenvalue weighted by molar-refractivity contribution is 8.14. The molecule has 0 amide bonds. The predicted molar refractivity (Wildman–Crippen MR) is 90.2 cm³/mol. The number of amidine groups is 1. The number of carboxylic acid groups (broad SMARTS) is 1. The number of aliphatic imine (C=N–C) groups is 2. The van der Waals surface area contributed by atoms with Crippen LogP contribution in [0.15, 0.2) is 46.9 Å². The summed E-state index contributed by atoms with van der Waals surface area (Å²) in [5, 5.41) is 20.9. The van der Waals surface area contributed by atoms with Crippen LogP contribution < -0.4 is 0 Å². The van der Waals surface area contributed by atoms with Crippen molar-refractivity contribution in [3.8, 4) is 0 Å². The lowest BCUT2D eigenvalue weighted by atomic mass is 9.89. The molecule has 0 bridgehead atoms. The molecule has 0 spiro atoms. The van der Waals surface area contributed by atoms with E-state index < -0.39 is 22.9 Å². The summed E-state index contributed by atoms with van der Waals surface area (Å²) in [5.74, 6) is -1.40. The van der Waals surface area contributed by atoms with Crippen molar-refractivity contribution in [3.05, 3.63) is 52.6 Å². The number of carbonyl (C=O) groups is 1. The second kappa shape index (κ2) is 7.19. The highest BCUT2D eigenvalue weighted by Gasteiger charge is 2.35. The van der Waals surface area contributed by atoms with Crippen LogP contribution >= 0.6 is 11.8 Å². The SMILES string of the molecule is C=CCSC1=NC(c2cccc([N+](=O)[O-])c2)C(C(=O)O)C(C)=N1. The van der Waals surface area contributed by atoms with E-state index in [0.29, 0.717) is 22.2 Å². The van der Waals surface area contributed by atoms with Crippen LogP contribution in [-0.4, -0.2) is 32.6 Å². The van der Waals surface area contributed by atoms with E-state index in [1.165, 1.54) is 30.0 Å². The number of nitro groups is 1. The minimum atomic E-state index is -1.06. The van der Waals surface area contributed by atoms with Gasteiger partial charge in [0.2, 0.25) is 0 Å². The van der Waals surface area contributed by atoms with Crippen LogP contribution in [-0.2, 0) is 4.79 Å². The van der Waals surface area contributed by atoms with Crippen molar-refractivity contribution >= 4 is 34.3 Å². The van der Waals surface area contributed by atoms with Crippen molar-refractivity contribution in [2.24, 2.45) is 15.9 Å². The highest BCUT2D eigenvalue weighted by Crippen LogP contribution is 2.34. The van der Waals surface area contributed by atoms with E-state index in [9.17, 15) is 20.0 Å². The van der Waals surface area contributed by atoms with E-state index in [0.717, 1.165) is 0 Å². The van der Waals surface area contributed by atoms with Gasteiger partial charge < -0.3 is 5.11 Å². The topological polar surface area (TPSA) is 105 Å². The van der Waals surface area contributed by atoms with Crippen LogP contribution in [0.25, 0.3) is 0 Å². The van der Waals surface area contributed by atoms with Gasteiger partial charge in [0.15, 0.2) is 5.17 Å². The molecule has 0 fully saturated rings. The minimum Gasteiger partial charge on any atom is -0.481 e. The summed E-state index contributed by atoms with van der Waals surface area (Å²) in [7, 11) is 0. The Bertz CT molecular complexity index is 714. The van der Waals surface area contributed by atoms with Gasteiger partial charge in [-0.15, -0.1) is 6.58 Å². The van der Waals surface area contributed by atoms with Gasteiger partial charge in [0.05, 0.1) is 11.0 Å². The van der Waals surface area contributed by atoms with Gasteiger partial charge in [0, 0.05) is 23.6 Å². The second-order valence-corrected chi connectivity index (χ2v) is 5.86. The first-order valence-corrected chi connectivity index (χ1v) is 7.76. The fourth-order valence-corrected chi connectivity index (χ4v) is 2.94. The summed E-state index contributed by atoms with van der Waals surface area (Å²) in [5.41, 5.74) is 0.815. The summed E-state index contributed by atoms with van der Waals surface area (Å²) in [4.78, 5) is 30.6. The lowest BCUT2D eigenvalue weighted by Gasteiger charge is -2.25. The number of rotatable bonds is 5. The number of hydrogen-bond donors (Lipinski definition) is 1. The molecular weight excluding hydrogens is 318 g/mol. The first-order chi connectivity index (χ1) is 10.9. The Labute approximate surface area is 137 Å². The fraction of sp³-hybridized carbons (Fsp3) is 0.267. The smallest absolute Gasteiger partial charge is 0.314 e.